The molecule has 4 nitrogen and oxygen atoms in total. The van der Waals surface area contributed by atoms with Crippen molar-refractivity contribution in [3.8, 4) is 11.3 Å². The number of rotatable bonds is 5. The second kappa shape index (κ2) is 7.17. The van der Waals surface area contributed by atoms with Crippen molar-refractivity contribution in [2.75, 3.05) is 11.4 Å². The van der Waals surface area contributed by atoms with Gasteiger partial charge in [-0.25, -0.2) is 4.39 Å². The normalized spacial score (nSPS) is 12.0. The molecule has 3 rings (SSSR count). The van der Waals surface area contributed by atoms with Gasteiger partial charge in [0.05, 0.1) is 11.7 Å². The van der Waals surface area contributed by atoms with Crippen molar-refractivity contribution in [2.45, 2.75) is 19.9 Å². The second-order valence-corrected chi connectivity index (χ2v) is 5.53. The van der Waals surface area contributed by atoms with Gasteiger partial charge in [0.2, 0.25) is 0 Å². The van der Waals surface area contributed by atoms with Crippen LogP contribution in [0.3, 0.4) is 0 Å². The summed E-state index contributed by atoms with van der Waals surface area (Å²) >= 11 is 0. The van der Waals surface area contributed by atoms with E-state index < -0.39 is 0 Å². The highest BCUT2D eigenvalue weighted by molar-refractivity contribution is 5.59. The summed E-state index contributed by atoms with van der Waals surface area (Å²) < 4.78 is 13.0. The van der Waals surface area contributed by atoms with Crippen LogP contribution in [0.5, 0.6) is 0 Å². The van der Waals surface area contributed by atoms with E-state index in [1.807, 2.05) is 24.4 Å². The molecule has 0 amide bonds. The third kappa shape index (κ3) is 3.40. The smallest absolute Gasteiger partial charge is 0.151 e. The Balaban J connectivity index is 1.84. The van der Waals surface area contributed by atoms with Gasteiger partial charge in [-0.2, -0.15) is 0 Å². The minimum absolute atomic E-state index is 0.148. The van der Waals surface area contributed by atoms with Crippen LogP contribution in [-0.2, 0) is 0 Å². The number of hydrogen-bond acceptors (Lipinski definition) is 4. The van der Waals surface area contributed by atoms with Crippen LogP contribution in [0.2, 0.25) is 0 Å². The lowest BCUT2D eigenvalue weighted by molar-refractivity contribution is 0.628. The Morgan fingerprint density at radius 1 is 1.04 bits per heavy atom. The molecular formula is C19H19FN4. The summed E-state index contributed by atoms with van der Waals surface area (Å²) in [6, 6.07) is 14.3. The maximum atomic E-state index is 13.0. The van der Waals surface area contributed by atoms with Gasteiger partial charge in [-0.05, 0) is 61.9 Å². The summed E-state index contributed by atoms with van der Waals surface area (Å²) in [5.74, 6) is 0.547. The van der Waals surface area contributed by atoms with Crippen LogP contribution in [0, 0.1) is 5.82 Å². The Morgan fingerprint density at radius 3 is 2.42 bits per heavy atom. The SMILES string of the molecule is CCN(c1ccc(-c2ccc(F)cc2)nn1)C(C)c1cccnc1. The van der Waals surface area contributed by atoms with Gasteiger partial charge in [-0.3, -0.25) is 4.98 Å². The monoisotopic (exact) mass is 322 g/mol. The van der Waals surface area contributed by atoms with Crippen LogP contribution in [0.25, 0.3) is 11.3 Å². The molecule has 0 spiro atoms. The summed E-state index contributed by atoms with van der Waals surface area (Å²) in [6.07, 6.45) is 3.64. The molecule has 0 aliphatic heterocycles. The van der Waals surface area contributed by atoms with Crippen molar-refractivity contribution in [1.82, 2.24) is 15.2 Å². The highest BCUT2D eigenvalue weighted by atomic mass is 19.1. The number of anilines is 1. The molecule has 0 fully saturated rings. The summed E-state index contributed by atoms with van der Waals surface area (Å²) in [5.41, 5.74) is 2.70. The van der Waals surface area contributed by atoms with Gasteiger partial charge in [0.15, 0.2) is 5.82 Å². The van der Waals surface area contributed by atoms with Gasteiger partial charge in [-0.15, -0.1) is 10.2 Å². The first kappa shape index (κ1) is 16.1. The summed E-state index contributed by atoms with van der Waals surface area (Å²) in [5, 5.41) is 8.65. The van der Waals surface area contributed by atoms with Gasteiger partial charge in [0, 0.05) is 24.5 Å². The minimum atomic E-state index is -0.259. The van der Waals surface area contributed by atoms with Crippen LogP contribution >= 0.6 is 0 Å². The molecule has 0 saturated heterocycles. The van der Waals surface area contributed by atoms with Crippen molar-refractivity contribution < 1.29 is 4.39 Å². The van der Waals surface area contributed by atoms with Gasteiger partial charge in [0.25, 0.3) is 0 Å². The Kier molecular flexibility index (Phi) is 4.79. The lowest BCUT2D eigenvalue weighted by atomic mass is 10.1. The minimum Gasteiger partial charge on any atom is -0.349 e. The molecule has 0 bridgehead atoms. The topological polar surface area (TPSA) is 41.9 Å². The van der Waals surface area contributed by atoms with Crippen LogP contribution in [0.15, 0.2) is 60.9 Å². The number of benzene rings is 1. The van der Waals surface area contributed by atoms with E-state index in [1.165, 1.54) is 12.1 Å². The van der Waals surface area contributed by atoms with Gasteiger partial charge < -0.3 is 4.90 Å². The van der Waals surface area contributed by atoms with Crippen LogP contribution in [-0.4, -0.2) is 21.7 Å². The molecule has 0 aliphatic rings. The molecule has 3 aromatic rings. The molecular weight excluding hydrogens is 303 g/mol. The van der Waals surface area contributed by atoms with E-state index in [-0.39, 0.29) is 11.9 Å². The second-order valence-electron chi connectivity index (χ2n) is 5.53. The van der Waals surface area contributed by atoms with Crippen molar-refractivity contribution in [3.63, 3.8) is 0 Å². The highest BCUT2D eigenvalue weighted by Crippen LogP contribution is 2.25. The first-order valence-corrected chi connectivity index (χ1v) is 7.95. The van der Waals surface area contributed by atoms with E-state index in [0.29, 0.717) is 0 Å². The summed E-state index contributed by atoms with van der Waals surface area (Å²) in [6.45, 7) is 5.01. The van der Waals surface area contributed by atoms with Gasteiger partial charge in [0.1, 0.15) is 5.82 Å². The van der Waals surface area contributed by atoms with Crippen LogP contribution in [0.4, 0.5) is 10.2 Å². The average molecular weight is 322 g/mol. The van der Waals surface area contributed by atoms with Crippen LogP contribution < -0.4 is 4.90 Å². The zero-order valence-electron chi connectivity index (χ0n) is 13.7. The van der Waals surface area contributed by atoms with Gasteiger partial charge in [-0.1, -0.05) is 6.07 Å². The quantitative estimate of drug-likeness (QED) is 0.703. The predicted octanol–water partition coefficient (Wildman–Crippen LogP) is 4.27. The molecule has 24 heavy (non-hydrogen) atoms. The molecule has 5 heteroatoms. The summed E-state index contributed by atoms with van der Waals surface area (Å²) in [4.78, 5) is 6.35. The van der Waals surface area contributed by atoms with Crippen molar-refractivity contribution in [3.05, 3.63) is 72.3 Å². The zero-order chi connectivity index (χ0) is 16.9. The van der Waals surface area contributed by atoms with Crippen molar-refractivity contribution >= 4 is 5.82 Å². The standard InChI is InChI=1S/C19H19FN4/c1-3-24(14(2)16-5-4-12-21-13-16)19-11-10-18(22-23-19)15-6-8-17(20)9-7-15/h4-14H,3H2,1-2H3. The van der Waals surface area contributed by atoms with Crippen LogP contribution in [0.1, 0.15) is 25.5 Å². The number of hydrogen-bond donors (Lipinski definition) is 0. The lowest BCUT2D eigenvalue weighted by Gasteiger charge is -2.28. The molecule has 0 saturated carbocycles. The van der Waals surface area contributed by atoms with E-state index in [4.69, 9.17) is 0 Å². The largest absolute Gasteiger partial charge is 0.349 e. The fourth-order valence-corrected chi connectivity index (χ4v) is 2.69. The number of pyridine rings is 1. The van der Waals surface area contributed by atoms with E-state index in [9.17, 15) is 4.39 Å². The number of halogens is 1. The average Bonchev–Trinajstić information content (AvgIpc) is 2.64. The van der Waals surface area contributed by atoms with Gasteiger partial charge >= 0.3 is 0 Å². The first-order chi connectivity index (χ1) is 11.7. The molecule has 2 aromatic heterocycles. The molecule has 0 N–H and O–H groups in total. The summed E-state index contributed by atoms with van der Waals surface area (Å²) in [7, 11) is 0. The zero-order valence-corrected chi connectivity index (χ0v) is 13.7. The molecule has 1 aromatic carbocycles. The Morgan fingerprint density at radius 2 is 1.83 bits per heavy atom. The van der Waals surface area contributed by atoms with E-state index in [0.717, 1.165) is 29.2 Å². The molecule has 0 aliphatic carbocycles. The predicted molar refractivity (Wildman–Crippen MR) is 93.1 cm³/mol. The third-order valence-electron chi connectivity index (χ3n) is 4.06. The first-order valence-electron chi connectivity index (χ1n) is 7.95. The molecule has 1 atom stereocenters. The highest BCUT2D eigenvalue weighted by Gasteiger charge is 2.16. The molecule has 0 radical (unpaired) electrons. The van der Waals surface area contributed by atoms with E-state index in [2.05, 4.69) is 40.0 Å². The third-order valence-corrected chi connectivity index (χ3v) is 4.06. The molecule has 122 valence electrons. The maximum absolute atomic E-state index is 13.0. The van der Waals surface area contributed by atoms with E-state index in [1.54, 1.807) is 18.3 Å². The number of aromatic nitrogens is 3. The van der Waals surface area contributed by atoms with Crippen molar-refractivity contribution in [1.29, 1.82) is 0 Å². The van der Waals surface area contributed by atoms with Crippen molar-refractivity contribution in [2.24, 2.45) is 0 Å². The fourth-order valence-electron chi connectivity index (χ4n) is 2.69. The Bertz CT molecular complexity index is 773. The Labute approximate surface area is 141 Å². The van der Waals surface area contributed by atoms with E-state index >= 15 is 0 Å². The Hall–Kier alpha value is -2.82. The molecule has 1 unspecified atom stereocenters. The fraction of sp³-hybridized carbons (Fsp3) is 0.211. The number of nitrogens with zero attached hydrogens (tertiary/aromatic N) is 4. The lowest BCUT2D eigenvalue weighted by Crippen LogP contribution is -2.27. The maximum Gasteiger partial charge on any atom is 0.151 e. The molecule has 2 heterocycles.